The smallest absolute Gasteiger partial charge is 0.324 e. The quantitative estimate of drug-likeness (QED) is 0.516. The maximum absolute atomic E-state index is 13.2. The van der Waals surface area contributed by atoms with Crippen LogP contribution in [0.1, 0.15) is 31.0 Å². The molecule has 2 aromatic carbocycles. The molecule has 2 rings (SSSR count). The summed E-state index contributed by atoms with van der Waals surface area (Å²) in [6.07, 6.45) is -4.86. The number of non-ortho nitro benzene ring substituents is 1. The molecule has 0 radical (unpaired) electrons. The van der Waals surface area contributed by atoms with E-state index in [0.29, 0.717) is 11.1 Å². The number of nitrogens with zero attached hydrogens (tertiary/aromatic N) is 1. The van der Waals surface area contributed by atoms with Gasteiger partial charge in [0.1, 0.15) is 0 Å². The molecule has 28 heavy (non-hydrogen) atoms. The van der Waals surface area contributed by atoms with Gasteiger partial charge >= 0.3 is 6.18 Å². The Balaban J connectivity index is 2.16. The average molecular weight is 416 g/mol. The third-order valence-corrected chi connectivity index (χ3v) is 4.25. The average Bonchev–Trinajstić information content (AvgIpc) is 2.60. The Morgan fingerprint density at radius 3 is 2.43 bits per heavy atom. The van der Waals surface area contributed by atoms with Crippen LogP contribution in [0.15, 0.2) is 42.5 Å². The summed E-state index contributed by atoms with van der Waals surface area (Å²) >= 11 is 5.93. The number of hydrogen-bond donors (Lipinski definition) is 2. The van der Waals surface area contributed by atoms with Crippen molar-refractivity contribution in [1.29, 1.82) is 0 Å². The first kappa shape index (κ1) is 21.6. The summed E-state index contributed by atoms with van der Waals surface area (Å²) in [5.41, 5.74) is -1.75. The van der Waals surface area contributed by atoms with Crippen molar-refractivity contribution in [3.63, 3.8) is 0 Å². The summed E-state index contributed by atoms with van der Waals surface area (Å²) in [7, 11) is 0. The molecule has 6 nitrogen and oxygen atoms in total. The number of anilines is 1. The molecule has 1 amide bonds. The molecule has 0 spiro atoms. The Morgan fingerprint density at radius 2 is 1.86 bits per heavy atom. The minimum atomic E-state index is -4.86. The van der Waals surface area contributed by atoms with Crippen molar-refractivity contribution in [2.24, 2.45) is 0 Å². The molecule has 150 valence electrons. The summed E-state index contributed by atoms with van der Waals surface area (Å²) in [5.74, 6) is -0.715. The van der Waals surface area contributed by atoms with Gasteiger partial charge in [0, 0.05) is 23.2 Å². The number of amides is 1. The Labute approximate surface area is 163 Å². The first-order chi connectivity index (χ1) is 13.0. The lowest BCUT2D eigenvalue weighted by atomic mass is 10.1. The van der Waals surface area contributed by atoms with Gasteiger partial charge in [0.2, 0.25) is 5.91 Å². The lowest BCUT2D eigenvalue weighted by Crippen LogP contribution is -2.39. The van der Waals surface area contributed by atoms with Crippen molar-refractivity contribution in [1.82, 2.24) is 5.32 Å². The highest BCUT2D eigenvalue weighted by molar-refractivity contribution is 6.30. The molecule has 0 heterocycles. The van der Waals surface area contributed by atoms with E-state index < -0.39 is 40.0 Å². The second kappa shape index (κ2) is 8.57. The highest BCUT2D eigenvalue weighted by atomic mass is 35.5. The molecule has 0 saturated heterocycles. The monoisotopic (exact) mass is 415 g/mol. The van der Waals surface area contributed by atoms with Crippen molar-refractivity contribution < 1.29 is 22.9 Å². The summed E-state index contributed by atoms with van der Waals surface area (Å²) in [5, 5.41) is 16.4. The highest BCUT2D eigenvalue weighted by Gasteiger charge is 2.36. The van der Waals surface area contributed by atoms with Crippen LogP contribution in [0, 0.1) is 10.1 Å². The number of nitro groups is 1. The lowest BCUT2D eigenvalue weighted by Gasteiger charge is -2.21. The summed E-state index contributed by atoms with van der Waals surface area (Å²) in [4.78, 5) is 22.1. The van der Waals surface area contributed by atoms with E-state index in [1.165, 1.54) is 6.92 Å². The van der Waals surface area contributed by atoms with Gasteiger partial charge in [0.25, 0.3) is 5.69 Å². The van der Waals surface area contributed by atoms with E-state index in [2.05, 4.69) is 10.6 Å². The largest absolute Gasteiger partial charge is 0.418 e. The predicted octanol–water partition coefficient (Wildman–Crippen LogP) is 4.94. The number of carbonyl (C=O) groups is 1. The van der Waals surface area contributed by atoms with E-state index in [-0.39, 0.29) is 6.04 Å². The molecular formula is C18H17ClF3N3O3. The number of alkyl halides is 3. The van der Waals surface area contributed by atoms with Crippen molar-refractivity contribution in [2.45, 2.75) is 32.1 Å². The van der Waals surface area contributed by atoms with E-state index in [4.69, 9.17) is 11.6 Å². The number of rotatable bonds is 6. The van der Waals surface area contributed by atoms with E-state index in [1.807, 2.05) is 0 Å². The molecule has 0 aromatic heterocycles. The topological polar surface area (TPSA) is 84.3 Å². The Kier molecular flexibility index (Phi) is 6.63. The minimum Gasteiger partial charge on any atom is -0.324 e. The molecule has 10 heteroatoms. The third kappa shape index (κ3) is 5.43. The third-order valence-electron chi connectivity index (χ3n) is 4.02. The van der Waals surface area contributed by atoms with Crippen LogP contribution in [-0.4, -0.2) is 16.9 Å². The van der Waals surface area contributed by atoms with Crippen LogP contribution in [0.25, 0.3) is 0 Å². The summed E-state index contributed by atoms with van der Waals surface area (Å²) in [6, 6.07) is 7.97. The van der Waals surface area contributed by atoms with E-state index in [1.54, 1.807) is 31.2 Å². The maximum Gasteiger partial charge on any atom is 0.418 e. The molecule has 2 N–H and O–H groups in total. The van der Waals surface area contributed by atoms with Gasteiger partial charge in [0.05, 0.1) is 22.2 Å². The van der Waals surface area contributed by atoms with Crippen molar-refractivity contribution in [3.8, 4) is 0 Å². The molecule has 0 fully saturated rings. The van der Waals surface area contributed by atoms with Crippen molar-refractivity contribution >= 4 is 28.9 Å². The Hall–Kier alpha value is -2.65. The van der Waals surface area contributed by atoms with E-state index in [0.717, 1.165) is 17.7 Å². The standard InChI is InChI=1S/C18H17ClF3N3O3/c1-10(12-4-3-5-13(19)8-12)23-11(2)17(26)24-16-7-6-14(25(27)28)9-15(16)18(20,21)22/h3-11,23H,1-2H3,(H,24,26)/t10-,11-/m0/s1. The van der Waals surface area contributed by atoms with Gasteiger partial charge in [0.15, 0.2) is 0 Å². The van der Waals surface area contributed by atoms with Crippen molar-refractivity contribution in [2.75, 3.05) is 5.32 Å². The van der Waals surface area contributed by atoms with Crippen LogP contribution in [0.5, 0.6) is 0 Å². The molecule has 0 saturated carbocycles. The fourth-order valence-corrected chi connectivity index (χ4v) is 2.75. The van der Waals surface area contributed by atoms with Gasteiger partial charge in [-0.15, -0.1) is 0 Å². The molecule has 0 aliphatic heterocycles. The minimum absolute atomic E-state index is 0.293. The molecule has 2 aromatic rings. The zero-order valence-corrected chi connectivity index (χ0v) is 15.6. The van der Waals surface area contributed by atoms with Gasteiger partial charge in [-0.2, -0.15) is 13.2 Å². The van der Waals surface area contributed by atoms with E-state index >= 15 is 0 Å². The van der Waals surface area contributed by atoms with Crippen LogP contribution in [0.4, 0.5) is 24.5 Å². The van der Waals surface area contributed by atoms with Gasteiger partial charge in [-0.05, 0) is 37.6 Å². The van der Waals surface area contributed by atoms with Gasteiger partial charge in [-0.25, -0.2) is 0 Å². The summed E-state index contributed by atoms with van der Waals surface area (Å²) < 4.78 is 39.6. The number of benzene rings is 2. The Morgan fingerprint density at radius 1 is 1.18 bits per heavy atom. The molecule has 0 bridgehead atoms. The van der Waals surface area contributed by atoms with Crippen LogP contribution in [0.3, 0.4) is 0 Å². The zero-order chi connectivity index (χ0) is 21.1. The second-order valence-electron chi connectivity index (χ2n) is 6.14. The maximum atomic E-state index is 13.2. The Bertz CT molecular complexity index is 890. The molecule has 0 aliphatic carbocycles. The number of nitrogens with one attached hydrogen (secondary N) is 2. The van der Waals surface area contributed by atoms with Crippen LogP contribution < -0.4 is 10.6 Å². The zero-order valence-electron chi connectivity index (χ0n) is 14.9. The predicted molar refractivity (Wildman–Crippen MR) is 99.2 cm³/mol. The van der Waals surface area contributed by atoms with Crippen LogP contribution in [-0.2, 0) is 11.0 Å². The molecule has 2 atom stereocenters. The van der Waals surface area contributed by atoms with E-state index in [9.17, 15) is 28.1 Å². The summed E-state index contributed by atoms with van der Waals surface area (Å²) in [6.45, 7) is 3.28. The molecule has 0 unspecified atom stereocenters. The number of halogens is 4. The van der Waals surface area contributed by atoms with Crippen molar-refractivity contribution in [3.05, 3.63) is 68.7 Å². The lowest BCUT2D eigenvalue weighted by molar-refractivity contribution is -0.385. The van der Waals surface area contributed by atoms with Crippen LogP contribution >= 0.6 is 11.6 Å². The van der Waals surface area contributed by atoms with Gasteiger partial charge in [-0.1, -0.05) is 23.7 Å². The first-order valence-electron chi connectivity index (χ1n) is 8.17. The number of hydrogen-bond acceptors (Lipinski definition) is 4. The molecule has 0 aliphatic rings. The SMILES string of the molecule is C[C@H](N[C@@H](C)c1cccc(Cl)c1)C(=O)Nc1ccc([N+](=O)[O-])cc1C(F)(F)F. The highest BCUT2D eigenvalue weighted by Crippen LogP contribution is 2.37. The van der Waals surface area contributed by atoms with Gasteiger partial charge in [-0.3, -0.25) is 20.2 Å². The number of carbonyl (C=O) groups excluding carboxylic acids is 1. The van der Waals surface area contributed by atoms with Gasteiger partial charge < -0.3 is 5.32 Å². The fraction of sp³-hybridized carbons (Fsp3) is 0.278. The fourth-order valence-electron chi connectivity index (χ4n) is 2.55. The second-order valence-corrected chi connectivity index (χ2v) is 6.58. The van der Waals surface area contributed by atoms with Crippen LogP contribution in [0.2, 0.25) is 5.02 Å². The molecular weight excluding hydrogens is 399 g/mol. The first-order valence-corrected chi connectivity index (χ1v) is 8.55. The number of nitro benzene ring substituents is 1. The normalized spacial score (nSPS) is 13.6.